The summed E-state index contributed by atoms with van der Waals surface area (Å²) in [6.45, 7) is 0. The molecule has 0 fully saturated rings. The molecule has 24 heavy (non-hydrogen) atoms. The normalized spacial score (nSPS) is 12.4. The number of benzene rings is 2. The summed E-state index contributed by atoms with van der Waals surface area (Å²) >= 11 is 0. The van der Waals surface area contributed by atoms with Crippen LogP contribution in [0, 0.1) is 5.82 Å². The van der Waals surface area contributed by atoms with E-state index in [1.54, 1.807) is 12.3 Å². The van der Waals surface area contributed by atoms with Gasteiger partial charge in [0, 0.05) is 17.1 Å². The zero-order chi connectivity index (χ0) is 17.5. The maximum atomic E-state index is 14.1. The van der Waals surface area contributed by atoms with Crippen LogP contribution in [0.5, 0.6) is 0 Å². The highest BCUT2D eigenvalue weighted by Crippen LogP contribution is 2.24. The molecule has 0 saturated carbocycles. The highest BCUT2D eigenvalue weighted by molar-refractivity contribution is 7.92. The molecule has 0 aliphatic carbocycles. The fraction of sp³-hybridized carbons (Fsp3) is 0. The number of anilines is 1. The van der Waals surface area contributed by atoms with Gasteiger partial charge in [-0.05, 0) is 36.4 Å². The number of halogens is 1. The standard InChI is InChI=1S/C14H12FN3O4S2/c15-12-6-9-4-5-17-13(9)8-14(12)24(21,22)18-10-2-1-3-11(7-10)23(16,19)20/h1-8,17-18H,(H2,16,19,20). The van der Waals surface area contributed by atoms with E-state index in [1.165, 1.54) is 18.2 Å². The van der Waals surface area contributed by atoms with Gasteiger partial charge in [-0.25, -0.2) is 26.4 Å². The molecule has 0 spiro atoms. The number of H-pyrrole nitrogens is 1. The van der Waals surface area contributed by atoms with Crippen LogP contribution in [-0.4, -0.2) is 21.8 Å². The van der Waals surface area contributed by atoms with Gasteiger partial charge in [0.15, 0.2) is 0 Å². The van der Waals surface area contributed by atoms with E-state index in [1.807, 2.05) is 0 Å². The number of aromatic nitrogens is 1. The van der Waals surface area contributed by atoms with E-state index in [4.69, 9.17) is 5.14 Å². The Morgan fingerprint density at radius 3 is 2.50 bits per heavy atom. The summed E-state index contributed by atoms with van der Waals surface area (Å²) in [5.41, 5.74) is 0.405. The minimum absolute atomic E-state index is 0.0486. The van der Waals surface area contributed by atoms with E-state index < -0.39 is 30.8 Å². The molecule has 1 heterocycles. The SMILES string of the molecule is NS(=O)(=O)c1cccc(NS(=O)(=O)c2cc3[nH]ccc3cc2F)c1. The molecule has 1 aromatic heterocycles. The number of hydrogen-bond acceptors (Lipinski definition) is 4. The number of nitrogens with one attached hydrogen (secondary N) is 2. The van der Waals surface area contributed by atoms with Gasteiger partial charge in [0.1, 0.15) is 10.7 Å². The molecule has 0 unspecified atom stereocenters. The van der Waals surface area contributed by atoms with E-state index in [2.05, 4.69) is 9.71 Å². The fourth-order valence-corrected chi connectivity index (χ4v) is 3.90. The van der Waals surface area contributed by atoms with E-state index in [0.29, 0.717) is 10.9 Å². The van der Waals surface area contributed by atoms with Crippen molar-refractivity contribution in [3.63, 3.8) is 0 Å². The summed E-state index contributed by atoms with van der Waals surface area (Å²) in [7, 11) is -8.25. The van der Waals surface area contributed by atoms with Crippen LogP contribution in [0.3, 0.4) is 0 Å². The van der Waals surface area contributed by atoms with Crippen molar-refractivity contribution in [2.24, 2.45) is 5.14 Å². The Morgan fingerprint density at radius 2 is 1.79 bits per heavy atom. The van der Waals surface area contributed by atoms with Crippen LogP contribution in [0.25, 0.3) is 10.9 Å². The topological polar surface area (TPSA) is 122 Å². The van der Waals surface area contributed by atoms with Crippen molar-refractivity contribution in [1.82, 2.24) is 4.98 Å². The quantitative estimate of drug-likeness (QED) is 0.648. The third kappa shape index (κ3) is 3.11. The summed E-state index contributed by atoms with van der Waals surface area (Å²) in [5, 5.41) is 5.54. The number of sulfonamides is 2. The first-order valence-electron chi connectivity index (χ1n) is 6.59. The van der Waals surface area contributed by atoms with Crippen LogP contribution in [0.2, 0.25) is 0 Å². The van der Waals surface area contributed by atoms with Gasteiger partial charge in [-0.3, -0.25) is 4.72 Å². The van der Waals surface area contributed by atoms with Gasteiger partial charge in [0.05, 0.1) is 10.6 Å². The Hall–Kier alpha value is -2.43. The summed E-state index contributed by atoms with van der Waals surface area (Å²) < 4.78 is 63.7. The molecule has 0 saturated heterocycles. The average molecular weight is 369 g/mol. The summed E-state index contributed by atoms with van der Waals surface area (Å²) in [5.74, 6) is -0.919. The Morgan fingerprint density at radius 1 is 1.04 bits per heavy atom. The van der Waals surface area contributed by atoms with E-state index in [0.717, 1.165) is 18.2 Å². The second kappa shape index (κ2) is 5.58. The van der Waals surface area contributed by atoms with E-state index >= 15 is 0 Å². The second-order valence-electron chi connectivity index (χ2n) is 5.03. The Bertz CT molecular complexity index is 1140. The highest BCUT2D eigenvalue weighted by atomic mass is 32.2. The molecule has 0 radical (unpaired) electrons. The minimum Gasteiger partial charge on any atom is -0.361 e. The maximum absolute atomic E-state index is 14.1. The van der Waals surface area contributed by atoms with Crippen molar-refractivity contribution < 1.29 is 21.2 Å². The Balaban J connectivity index is 2.03. The predicted octanol–water partition coefficient (Wildman–Crippen LogP) is 1.76. The first kappa shape index (κ1) is 16.4. The Kier molecular flexibility index (Phi) is 3.82. The van der Waals surface area contributed by atoms with Crippen LogP contribution in [0.15, 0.2) is 58.5 Å². The lowest BCUT2D eigenvalue weighted by atomic mass is 10.2. The summed E-state index contributed by atoms with van der Waals surface area (Å²) in [6, 6.07) is 8.80. The molecule has 126 valence electrons. The molecular weight excluding hydrogens is 357 g/mol. The van der Waals surface area contributed by atoms with Crippen molar-refractivity contribution in [3.8, 4) is 0 Å². The molecule has 3 rings (SSSR count). The summed E-state index contributed by atoms with van der Waals surface area (Å²) in [6.07, 6.45) is 1.56. The van der Waals surface area contributed by atoms with Gasteiger partial charge in [-0.15, -0.1) is 0 Å². The van der Waals surface area contributed by atoms with Crippen molar-refractivity contribution in [2.75, 3.05) is 4.72 Å². The molecule has 0 atom stereocenters. The molecule has 0 aliphatic heterocycles. The lowest BCUT2D eigenvalue weighted by molar-refractivity contribution is 0.571. The monoisotopic (exact) mass is 369 g/mol. The van der Waals surface area contributed by atoms with Crippen LogP contribution in [0.4, 0.5) is 10.1 Å². The van der Waals surface area contributed by atoms with Crippen LogP contribution in [0.1, 0.15) is 0 Å². The van der Waals surface area contributed by atoms with Crippen molar-refractivity contribution in [2.45, 2.75) is 9.79 Å². The molecule has 3 aromatic rings. The molecule has 0 bridgehead atoms. The third-order valence-electron chi connectivity index (χ3n) is 3.31. The highest BCUT2D eigenvalue weighted by Gasteiger charge is 2.21. The number of fused-ring (bicyclic) bond motifs is 1. The summed E-state index contributed by atoms with van der Waals surface area (Å²) in [4.78, 5) is 1.98. The maximum Gasteiger partial charge on any atom is 0.264 e. The molecular formula is C14H12FN3O4S2. The smallest absolute Gasteiger partial charge is 0.264 e. The average Bonchev–Trinajstić information content (AvgIpc) is 2.92. The lowest BCUT2D eigenvalue weighted by Gasteiger charge is -2.10. The molecule has 0 aliphatic rings. The first-order chi connectivity index (χ1) is 11.2. The number of nitrogens with two attached hydrogens (primary N) is 1. The molecule has 4 N–H and O–H groups in total. The van der Waals surface area contributed by atoms with Crippen LogP contribution in [-0.2, 0) is 20.0 Å². The molecule has 10 heteroatoms. The largest absolute Gasteiger partial charge is 0.361 e. The van der Waals surface area contributed by atoms with Crippen molar-refractivity contribution >= 4 is 36.6 Å². The number of hydrogen-bond donors (Lipinski definition) is 3. The van der Waals surface area contributed by atoms with Gasteiger partial charge in [0.25, 0.3) is 10.0 Å². The van der Waals surface area contributed by atoms with E-state index in [-0.39, 0.29) is 10.6 Å². The fourth-order valence-electron chi connectivity index (χ4n) is 2.21. The molecule has 2 aromatic carbocycles. The molecule has 0 amide bonds. The third-order valence-corrected chi connectivity index (χ3v) is 5.62. The minimum atomic E-state index is -4.26. The van der Waals surface area contributed by atoms with Gasteiger partial charge < -0.3 is 4.98 Å². The van der Waals surface area contributed by atoms with Gasteiger partial charge in [-0.1, -0.05) is 6.07 Å². The number of primary sulfonamides is 1. The predicted molar refractivity (Wildman–Crippen MR) is 86.9 cm³/mol. The van der Waals surface area contributed by atoms with Gasteiger partial charge in [0.2, 0.25) is 10.0 Å². The van der Waals surface area contributed by atoms with Gasteiger partial charge in [-0.2, -0.15) is 0 Å². The van der Waals surface area contributed by atoms with Crippen LogP contribution >= 0.6 is 0 Å². The zero-order valence-electron chi connectivity index (χ0n) is 12.0. The van der Waals surface area contributed by atoms with Crippen molar-refractivity contribution in [1.29, 1.82) is 0 Å². The molecule has 7 nitrogen and oxygen atoms in total. The lowest BCUT2D eigenvalue weighted by Crippen LogP contribution is -2.16. The number of aromatic amines is 1. The van der Waals surface area contributed by atoms with E-state index in [9.17, 15) is 21.2 Å². The van der Waals surface area contributed by atoms with Crippen LogP contribution < -0.4 is 9.86 Å². The van der Waals surface area contributed by atoms with Crippen molar-refractivity contribution in [3.05, 3.63) is 54.5 Å². The first-order valence-corrected chi connectivity index (χ1v) is 9.62. The zero-order valence-corrected chi connectivity index (χ0v) is 13.7. The number of rotatable bonds is 4. The second-order valence-corrected chi connectivity index (χ2v) is 8.24. The Labute approximate surface area is 137 Å². The van der Waals surface area contributed by atoms with Gasteiger partial charge >= 0.3 is 0 Å².